The molecule has 0 saturated heterocycles. The van der Waals surface area contributed by atoms with Crippen molar-refractivity contribution in [3.8, 4) is 0 Å². The molecule has 0 amide bonds. The molecule has 11 heavy (non-hydrogen) atoms. The summed E-state index contributed by atoms with van der Waals surface area (Å²) in [6.45, 7) is 2.20. The molecule has 1 aromatic carbocycles. The fraction of sp³-hybridized carbons (Fsp3) is 0.400. The van der Waals surface area contributed by atoms with Crippen LogP contribution in [0.15, 0.2) is 24.3 Å². The van der Waals surface area contributed by atoms with E-state index in [1.165, 1.54) is 11.1 Å². The highest BCUT2D eigenvalue weighted by Gasteiger charge is 2.24. The third kappa shape index (κ3) is 0.962. The molecule has 0 radical (unpaired) electrons. The molecule has 1 nitrogen and oxygen atoms in total. The van der Waals surface area contributed by atoms with Crippen LogP contribution in [0.1, 0.15) is 24.0 Å². The molecule has 58 valence electrons. The van der Waals surface area contributed by atoms with Crippen LogP contribution in [0.5, 0.6) is 0 Å². The van der Waals surface area contributed by atoms with Gasteiger partial charge < -0.3 is 5.73 Å². The summed E-state index contributed by atoms with van der Waals surface area (Å²) < 4.78 is 0. The van der Waals surface area contributed by atoms with Gasteiger partial charge in [-0.25, -0.2) is 0 Å². The van der Waals surface area contributed by atoms with Gasteiger partial charge in [0.15, 0.2) is 0 Å². The zero-order valence-electron chi connectivity index (χ0n) is 6.75. The summed E-state index contributed by atoms with van der Waals surface area (Å²) in [4.78, 5) is 0. The fourth-order valence-electron chi connectivity index (χ4n) is 1.83. The van der Waals surface area contributed by atoms with E-state index in [-0.39, 0.29) is 0 Å². The van der Waals surface area contributed by atoms with E-state index < -0.39 is 0 Å². The van der Waals surface area contributed by atoms with Gasteiger partial charge in [-0.05, 0) is 23.5 Å². The Morgan fingerprint density at radius 3 is 2.82 bits per heavy atom. The molecule has 0 aromatic heterocycles. The molecule has 1 aliphatic carbocycles. The highest BCUT2D eigenvalue weighted by atomic mass is 14.7. The van der Waals surface area contributed by atoms with Gasteiger partial charge in [-0.3, -0.25) is 0 Å². The van der Waals surface area contributed by atoms with Crippen LogP contribution >= 0.6 is 0 Å². The molecule has 2 unspecified atom stereocenters. The number of hydrogen-bond donors (Lipinski definition) is 1. The third-order valence-corrected chi connectivity index (χ3v) is 2.64. The standard InChI is InChI=1S/C10H13N/c1-7-9-5-3-2-4-8(9)6-10(7)11/h2-5,7,10H,6,11H2,1H3. The molecule has 1 heteroatoms. The summed E-state index contributed by atoms with van der Waals surface area (Å²) in [5, 5.41) is 0. The Bertz CT molecular complexity index is 267. The Labute approximate surface area is 67.2 Å². The number of fused-ring (bicyclic) bond motifs is 1. The highest BCUT2D eigenvalue weighted by Crippen LogP contribution is 2.30. The Hall–Kier alpha value is -0.820. The molecule has 2 rings (SSSR count). The van der Waals surface area contributed by atoms with Gasteiger partial charge in [0, 0.05) is 6.04 Å². The molecular weight excluding hydrogens is 134 g/mol. The van der Waals surface area contributed by atoms with Gasteiger partial charge in [0.05, 0.1) is 0 Å². The van der Waals surface area contributed by atoms with Crippen molar-refractivity contribution in [2.24, 2.45) is 5.73 Å². The number of rotatable bonds is 0. The van der Waals surface area contributed by atoms with Crippen molar-refractivity contribution in [2.75, 3.05) is 0 Å². The second-order valence-corrected chi connectivity index (χ2v) is 3.36. The minimum atomic E-state index is 0.340. The molecule has 2 N–H and O–H groups in total. The van der Waals surface area contributed by atoms with Crippen LogP contribution in [0.4, 0.5) is 0 Å². The van der Waals surface area contributed by atoms with Crippen molar-refractivity contribution in [1.29, 1.82) is 0 Å². The summed E-state index contributed by atoms with van der Waals surface area (Å²) in [7, 11) is 0. The Morgan fingerprint density at radius 1 is 1.36 bits per heavy atom. The molecule has 0 bridgehead atoms. The summed E-state index contributed by atoms with van der Waals surface area (Å²) in [5.41, 5.74) is 8.81. The zero-order chi connectivity index (χ0) is 7.84. The van der Waals surface area contributed by atoms with Crippen molar-refractivity contribution >= 4 is 0 Å². The third-order valence-electron chi connectivity index (χ3n) is 2.64. The molecule has 1 aliphatic rings. The van der Waals surface area contributed by atoms with Crippen LogP contribution in [-0.4, -0.2) is 6.04 Å². The fourth-order valence-corrected chi connectivity index (χ4v) is 1.83. The average molecular weight is 147 g/mol. The smallest absolute Gasteiger partial charge is 0.0146 e. The number of hydrogen-bond acceptors (Lipinski definition) is 1. The second kappa shape index (κ2) is 2.35. The molecular formula is C10H13N. The van der Waals surface area contributed by atoms with E-state index in [4.69, 9.17) is 5.73 Å². The maximum atomic E-state index is 5.93. The van der Waals surface area contributed by atoms with Crippen LogP contribution in [0, 0.1) is 0 Å². The molecule has 0 spiro atoms. The minimum absolute atomic E-state index is 0.340. The van der Waals surface area contributed by atoms with E-state index in [2.05, 4.69) is 31.2 Å². The zero-order valence-corrected chi connectivity index (χ0v) is 6.75. The number of nitrogens with two attached hydrogens (primary N) is 1. The molecule has 0 heterocycles. The largest absolute Gasteiger partial charge is 0.327 e. The lowest BCUT2D eigenvalue weighted by Crippen LogP contribution is -2.22. The van der Waals surface area contributed by atoms with E-state index in [1.807, 2.05) is 0 Å². The van der Waals surface area contributed by atoms with Crippen LogP contribution in [-0.2, 0) is 6.42 Å². The predicted octanol–water partition coefficient (Wildman–Crippen LogP) is 1.67. The summed E-state index contributed by atoms with van der Waals surface area (Å²) in [6, 6.07) is 8.88. The van der Waals surface area contributed by atoms with Gasteiger partial charge in [-0.15, -0.1) is 0 Å². The molecule has 0 aliphatic heterocycles. The van der Waals surface area contributed by atoms with E-state index in [1.54, 1.807) is 0 Å². The maximum Gasteiger partial charge on any atom is 0.0146 e. The van der Waals surface area contributed by atoms with Crippen LogP contribution in [0.2, 0.25) is 0 Å². The van der Waals surface area contributed by atoms with Crippen LogP contribution in [0.25, 0.3) is 0 Å². The van der Waals surface area contributed by atoms with Crippen molar-refractivity contribution in [1.82, 2.24) is 0 Å². The topological polar surface area (TPSA) is 26.0 Å². The quantitative estimate of drug-likeness (QED) is 0.593. The first-order valence-electron chi connectivity index (χ1n) is 4.12. The van der Waals surface area contributed by atoms with E-state index in [0.717, 1.165) is 6.42 Å². The van der Waals surface area contributed by atoms with Crippen LogP contribution in [0.3, 0.4) is 0 Å². The molecule has 0 saturated carbocycles. The van der Waals surface area contributed by atoms with Gasteiger partial charge in [-0.2, -0.15) is 0 Å². The first-order valence-corrected chi connectivity index (χ1v) is 4.12. The Morgan fingerprint density at radius 2 is 2.09 bits per heavy atom. The first-order chi connectivity index (χ1) is 5.29. The van der Waals surface area contributed by atoms with Gasteiger partial charge >= 0.3 is 0 Å². The highest BCUT2D eigenvalue weighted by molar-refractivity contribution is 5.36. The summed E-state index contributed by atoms with van der Waals surface area (Å²) >= 11 is 0. The monoisotopic (exact) mass is 147 g/mol. The summed E-state index contributed by atoms with van der Waals surface area (Å²) in [5.74, 6) is 0.547. The molecule has 1 aromatic rings. The van der Waals surface area contributed by atoms with Crippen LogP contribution < -0.4 is 5.73 Å². The van der Waals surface area contributed by atoms with Crippen molar-refractivity contribution in [3.05, 3.63) is 35.4 Å². The lowest BCUT2D eigenvalue weighted by Gasteiger charge is -2.08. The van der Waals surface area contributed by atoms with Crippen molar-refractivity contribution in [3.63, 3.8) is 0 Å². The van der Waals surface area contributed by atoms with Gasteiger partial charge in [0.1, 0.15) is 0 Å². The molecule has 0 fully saturated rings. The minimum Gasteiger partial charge on any atom is -0.327 e. The van der Waals surface area contributed by atoms with E-state index >= 15 is 0 Å². The lowest BCUT2D eigenvalue weighted by atomic mass is 10.0. The average Bonchev–Trinajstić information content (AvgIpc) is 2.30. The second-order valence-electron chi connectivity index (χ2n) is 3.36. The Balaban J connectivity index is 2.47. The predicted molar refractivity (Wildman–Crippen MR) is 46.5 cm³/mol. The lowest BCUT2D eigenvalue weighted by molar-refractivity contribution is 0.615. The van der Waals surface area contributed by atoms with E-state index in [9.17, 15) is 0 Å². The maximum absolute atomic E-state index is 5.93. The van der Waals surface area contributed by atoms with Gasteiger partial charge in [-0.1, -0.05) is 31.2 Å². The van der Waals surface area contributed by atoms with Gasteiger partial charge in [0.2, 0.25) is 0 Å². The van der Waals surface area contributed by atoms with Gasteiger partial charge in [0.25, 0.3) is 0 Å². The normalized spacial score (nSPS) is 28.5. The summed E-state index contributed by atoms with van der Waals surface area (Å²) in [6.07, 6.45) is 1.05. The van der Waals surface area contributed by atoms with E-state index in [0.29, 0.717) is 12.0 Å². The van der Waals surface area contributed by atoms with Crippen molar-refractivity contribution < 1.29 is 0 Å². The Kier molecular flexibility index (Phi) is 1.46. The van der Waals surface area contributed by atoms with Crippen molar-refractivity contribution in [2.45, 2.75) is 25.3 Å². The SMILES string of the molecule is CC1c2ccccc2CC1N. The molecule has 2 atom stereocenters. The first kappa shape index (κ1) is 6.86. The number of benzene rings is 1.